The lowest BCUT2D eigenvalue weighted by atomic mass is 9.95. The van der Waals surface area contributed by atoms with Gasteiger partial charge in [0.25, 0.3) is 0 Å². The second kappa shape index (κ2) is 3.47. The molecule has 1 aromatic rings. The van der Waals surface area contributed by atoms with Gasteiger partial charge in [-0.1, -0.05) is 24.5 Å². The van der Waals surface area contributed by atoms with Crippen LogP contribution in [0, 0.1) is 6.92 Å². The number of ether oxygens (including phenoxy) is 1. The first-order chi connectivity index (χ1) is 5.29. The first kappa shape index (κ1) is 8.18. The Morgan fingerprint density at radius 3 is 2.64 bits per heavy atom. The van der Waals surface area contributed by atoms with E-state index in [0.717, 1.165) is 16.9 Å². The van der Waals surface area contributed by atoms with Gasteiger partial charge in [0.1, 0.15) is 5.75 Å². The summed E-state index contributed by atoms with van der Waals surface area (Å²) in [7, 11) is 7.18. The average molecular weight is 146 g/mol. The SMILES string of the molecule is [B]Cc1cccc(C)c1OC. The Kier molecular flexibility index (Phi) is 2.58. The smallest absolute Gasteiger partial charge is 0.124 e. The van der Waals surface area contributed by atoms with Crippen LogP contribution in [-0.2, 0) is 6.32 Å². The Hall–Kier alpha value is -0.915. The molecule has 0 saturated carbocycles. The first-order valence-electron chi connectivity index (χ1n) is 3.62. The van der Waals surface area contributed by atoms with Crippen molar-refractivity contribution in [3.05, 3.63) is 29.3 Å². The molecule has 0 aliphatic carbocycles. The van der Waals surface area contributed by atoms with Crippen molar-refractivity contribution in [2.45, 2.75) is 13.2 Å². The Morgan fingerprint density at radius 1 is 1.45 bits per heavy atom. The number of para-hydroxylation sites is 1. The molecule has 11 heavy (non-hydrogen) atoms. The monoisotopic (exact) mass is 146 g/mol. The molecule has 0 aliphatic rings. The maximum absolute atomic E-state index is 5.52. The van der Waals surface area contributed by atoms with Gasteiger partial charge < -0.3 is 4.74 Å². The van der Waals surface area contributed by atoms with E-state index < -0.39 is 0 Å². The third-order valence-corrected chi connectivity index (χ3v) is 1.72. The normalized spacial score (nSPS) is 9.64. The molecule has 0 atom stereocenters. The summed E-state index contributed by atoms with van der Waals surface area (Å²) in [6.45, 7) is 2.01. The van der Waals surface area contributed by atoms with Gasteiger partial charge in [-0.2, -0.15) is 0 Å². The second-order valence-corrected chi connectivity index (χ2v) is 2.47. The van der Waals surface area contributed by atoms with Gasteiger partial charge in [0, 0.05) is 0 Å². The molecule has 0 fully saturated rings. The van der Waals surface area contributed by atoms with Gasteiger partial charge in [0.2, 0.25) is 0 Å². The second-order valence-electron chi connectivity index (χ2n) is 2.47. The largest absolute Gasteiger partial charge is 0.496 e. The molecule has 0 N–H and O–H groups in total. The van der Waals surface area contributed by atoms with E-state index in [-0.39, 0.29) is 0 Å². The van der Waals surface area contributed by atoms with Crippen LogP contribution in [-0.4, -0.2) is 15.0 Å². The summed E-state index contributed by atoms with van der Waals surface area (Å²) in [6.07, 6.45) is 0.533. The van der Waals surface area contributed by atoms with Crippen LogP contribution in [0.4, 0.5) is 0 Å². The lowest BCUT2D eigenvalue weighted by Gasteiger charge is -2.08. The minimum Gasteiger partial charge on any atom is -0.496 e. The summed E-state index contributed by atoms with van der Waals surface area (Å²) >= 11 is 0. The lowest BCUT2D eigenvalue weighted by molar-refractivity contribution is 0.408. The molecule has 2 radical (unpaired) electrons. The highest BCUT2D eigenvalue weighted by atomic mass is 16.5. The highest BCUT2D eigenvalue weighted by molar-refractivity contribution is 6.08. The van der Waals surface area contributed by atoms with Crippen molar-refractivity contribution in [1.82, 2.24) is 0 Å². The van der Waals surface area contributed by atoms with Crippen molar-refractivity contribution >= 4 is 7.85 Å². The predicted molar refractivity (Wildman–Crippen MR) is 47.2 cm³/mol. The standard InChI is InChI=1S/C9H11BO/c1-7-4-3-5-8(6-10)9(7)11-2/h3-5H,6H2,1-2H3. The van der Waals surface area contributed by atoms with Crippen molar-refractivity contribution in [2.75, 3.05) is 7.11 Å². The van der Waals surface area contributed by atoms with Crippen LogP contribution in [0.3, 0.4) is 0 Å². The van der Waals surface area contributed by atoms with Crippen LogP contribution in [0.5, 0.6) is 5.75 Å². The topological polar surface area (TPSA) is 9.23 Å². The van der Waals surface area contributed by atoms with Crippen LogP contribution >= 0.6 is 0 Å². The van der Waals surface area contributed by atoms with Crippen molar-refractivity contribution in [3.63, 3.8) is 0 Å². The molecule has 0 unspecified atom stereocenters. The fraction of sp³-hybridized carbons (Fsp3) is 0.333. The number of methoxy groups -OCH3 is 1. The molecule has 1 rings (SSSR count). The maximum atomic E-state index is 5.52. The quantitative estimate of drug-likeness (QED) is 0.576. The molecule has 0 spiro atoms. The zero-order valence-electron chi connectivity index (χ0n) is 6.92. The summed E-state index contributed by atoms with van der Waals surface area (Å²) in [5.41, 5.74) is 2.20. The zero-order valence-corrected chi connectivity index (χ0v) is 6.92. The van der Waals surface area contributed by atoms with E-state index in [1.807, 2.05) is 25.1 Å². The Bertz CT molecular complexity index is 245. The van der Waals surface area contributed by atoms with E-state index in [1.165, 1.54) is 0 Å². The fourth-order valence-corrected chi connectivity index (χ4v) is 1.17. The first-order valence-corrected chi connectivity index (χ1v) is 3.62. The van der Waals surface area contributed by atoms with Crippen molar-refractivity contribution in [1.29, 1.82) is 0 Å². The molecule has 2 heteroatoms. The Morgan fingerprint density at radius 2 is 2.18 bits per heavy atom. The van der Waals surface area contributed by atoms with Gasteiger partial charge in [-0.05, 0) is 18.1 Å². The van der Waals surface area contributed by atoms with Gasteiger partial charge in [-0.25, -0.2) is 0 Å². The van der Waals surface area contributed by atoms with Crippen molar-refractivity contribution in [2.24, 2.45) is 0 Å². The molecule has 1 aromatic carbocycles. The summed E-state index contributed by atoms with van der Waals surface area (Å²) in [4.78, 5) is 0. The molecule has 56 valence electrons. The van der Waals surface area contributed by atoms with E-state index in [2.05, 4.69) is 0 Å². The van der Waals surface area contributed by atoms with Gasteiger partial charge in [-0.3, -0.25) is 0 Å². The van der Waals surface area contributed by atoms with Gasteiger partial charge in [0.05, 0.1) is 15.0 Å². The zero-order chi connectivity index (χ0) is 8.27. The summed E-state index contributed by atoms with van der Waals surface area (Å²) in [6, 6.07) is 5.98. The molecule has 0 amide bonds. The molecule has 0 heterocycles. The van der Waals surface area contributed by atoms with Crippen molar-refractivity contribution in [3.8, 4) is 5.75 Å². The van der Waals surface area contributed by atoms with Crippen molar-refractivity contribution < 1.29 is 4.74 Å². The Balaban J connectivity index is 3.13. The van der Waals surface area contributed by atoms with E-state index >= 15 is 0 Å². The number of hydrogen-bond donors (Lipinski definition) is 0. The average Bonchev–Trinajstić information content (AvgIpc) is 2.04. The Labute approximate surface area is 68.8 Å². The molecular weight excluding hydrogens is 135 g/mol. The molecular formula is C9H11BO. The van der Waals surface area contributed by atoms with E-state index in [1.54, 1.807) is 7.11 Å². The lowest BCUT2D eigenvalue weighted by Crippen LogP contribution is -1.93. The molecule has 0 bridgehead atoms. The number of hydrogen-bond acceptors (Lipinski definition) is 1. The molecule has 0 saturated heterocycles. The van der Waals surface area contributed by atoms with E-state index in [0.29, 0.717) is 6.32 Å². The summed E-state index contributed by atoms with van der Waals surface area (Å²) in [5, 5.41) is 0. The number of aryl methyl sites for hydroxylation is 1. The minimum absolute atomic E-state index is 0.533. The molecule has 1 nitrogen and oxygen atoms in total. The van der Waals surface area contributed by atoms with Gasteiger partial charge >= 0.3 is 0 Å². The number of rotatable bonds is 2. The van der Waals surface area contributed by atoms with Gasteiger partial charge in [-0.15, -0.1) is 0 Å². The molecule has 0 aliphatic heterocycles. The predicted octanol–water partition coefficient (Wildman–Crippen LogP) is 1.67. The highest BCUT2D eigenvalue weighted by Gasteiger charge is 2.01. The van der Waals surface area contributed by atoms with Crippen LogP contribution in [0.1, 0.15) is 11.1 Å². The van der Waals surface area contributed by atoms with E-state index in [4.69, 9.17) is 12.6 Å². The van der Waals surface area contributed by atoms with Crippen LogP contribution in [0.15, 0.2) is 18.2 Å². The van der Waals surface area contributed by atoms with Gasteiger partial charge in [0.15, 0.2) is 0 Å². The molecule has 0 aromatic heterocycles. The number of benzene rings is 1. The maximum Gasteiger partial charge on any atom is 0.124 e. The minimum atomic E-state index is 0.533. The van der Waals surface area contributed by atoms with Crippen LogP contribution in [0.25, 0.3) is 0 Å². The highest BCUT2D eigenvalue weighted by Crippen LogP contribution is 2.22. The summed E-state index contributed by atoms with van der Waals surface area (Å²) in [5.74, 6) is 0.912. The van der Waals surface area contributed by atoms with E-state index in [9.17, 15) is 0 Å². The summed E-state index contributed by atoms with van der Waals surface area (Å²) < 4.78 is 5.19. The third kappa shape index (κ3) is 1.56. The van der Waals surface area contributed by atoms with Crippen LogP contribution in [0.2, 0.25) is 0 Å². The third-order valence-electron chi connectivity index (χ3n) is 1.72. The fourth-order valence-electron chi connectivity index (χ4n) is 1.17. The van der Waals surface area contributed by atoms with Crippen LogP contribution < -0.4 is 4.74 Å².